The Morgan fingerprint density at radius 2 is 2.14 bits per heavy atom. The highest BCUT2D eigenvalue weighted by Crippen LogP contribution is 2.36. The number of fused-ring (bicyclic) bond motifs is 1. The summed E-state index contributed by atoms with van der Waals surface area (Å²) in [5, 5.41) is 5.03. The van der Waals surface area contributed by atoms with E-state index >= 15 is 0 Å². The summed E-state index contributed by atoms with van der Waals surface area (Å²) >= 11 is 1.56. The molecule has 4 rings (SSSR count). The maximum atomic E-state index is 13.4. The highest BCUT2D eigenvalue weighted by atomic mass is 32.1. The van der Waals surface area contributed by atoms with Crippen LogP contribution in [0.2, 0.25) is 0 Å². The van der Waals surface area contributed by atoms with Crippen LogP contribution in [0.15, 0.2) is 36.7 Å². The molecule has 0 bridgehead atoms. The van der Waals surface area contributed by atoms with Crippen LogP contribution in [0.5, 0.6) is 5.75 Å². The number of rotatable bonds is 7. The summed E-state index contributed by atoms with van der Waals surface area (Å²) in [6.45, 7) is 3.78. The van der Waals surface area contributed by atoms with E-state index in [9.17, 15) is 4.79 Å². The normalized spacial score (nSPS) is 15.0. The van der Waals surface area contributed by atoms with Crippen molar-refractivity contribution < 1.29 is 9.53 Å². The molecule has 1 saturated carbocycles. The lowest BCUT2D eigenvalue weighted by Crippen LogP contribution is -2.39. The van der Waals surface area contributed by atoms with Crippen molar-refractivity contribution in [2.75, 3.05) is 18.1 Å². The number of nitrogens with zero attached hydrogens (tertiary/aromatic N) is 4. The van der Waals surface area contributed by atoms with Gasteiger partial charge >= 0.3 is 0 Å². The molecule has 2 aromatic heterocycles. The molecule has 0 aliphatic heterocycles. The van der Waals surface area contributed by atoms with E-state index in [1.54, 1.807) is 17.5 Å². The van der Waals surface area contributed by atoms with Crippen LogP contribution in [0.3, 0.4) is 0 Å². The van der Waals surface area contributed by atoms with E-state index in [0.29, 0.717) is 19.7 Å². The average Bonchev–Trinajstić information content (AvgIpc) is 3.39. The topological polar surface area (TPSA) is 60.2 Å². The number of para-hydroxylation sites is 1. The third-order valence-corrected chi connectivity index (χ3v) is 6.28. The van der Waals surface area contributed by atoms with Crippen molar-refractivity contribution in [1.29, 1.82) is 0 Å². The van der Waals surface area contributed by atoms with Crippen molar-refractivity contribution in [2.45, 2.75) is 45.6 Å². The van der Waals surface area contributed by atoms with Gasteiger partial charge < -0.3 is 4.74 Å². The Kier molecular flexibility index (Phi) is 5.90. The minimum atomic E-state index is 0.102. The van der Waals surface area contributed by atoms with Crippen LogP contribution >= 0.6 is 11.3 Å². The van der Waals surface area contributed by atoms with Gasteiger partial charge in [0.05, 0.1) is 17.9 Å². The average molecular weight is 399 g/mol. The number of aromatic nitrogens is 3. The van der Waals surface area contributed by atoms with Gasteiger partial charge in [0, 0.05) is 24.9 Å². The van der Waals surface area contributed by atoms with E-state index in [-0.39, 0.29) is 11.8 Å². The molecule has 1 aliphatic rings. The van der Waals surface area contributed by atoms with Gasteiger partial charge in [0.2, 0.25) is 5.91 Å². The first-order valence-corrected chi connectivity index (χ1v) is 10.9. The number of carbonyl (C=O) groups is 1. The molecule has 148 valence electrons. The lowest BCUT2D eigenvalue weighted by molar-refractivity contribution is -0.123. The SMILES string of the molecule is CCOc1cccc2sc(N(CCn3cccn3)C(=O)C3CCCCC3)nc12. The predicted molar refractivity (Wildman–Crippen MR) is 112 cm³/mol. The lowest BCUT2D eigenvalue weighted by atomic mass is 9.88. The van der Waals surface area contributed by atoms with Crippen molar-refractivity contribution in [3.8, 4) is 5.75 Å². The Morgan fingerprint density at radius 1 is 1.29 bits per heavy atom. The number of carbonyl (C=O) groups excluding carboxylic acids is 1. The van der Waals surface area contributed by atoms with Gasteiger partial charge in [-0.25, -0.2) is 4.98 Å². The van der Waals surface area contributed by atoms with Crippen LogP contribution in [0, 0.1) is 5.92 Å². The number of amides is 1. The third kappa shape index (κ3) is 4.04. The smallest absolute Gasteiger partial charge is 0.231 e. The molecule has 2 heterocycles. The van der Waals surface area contributed by atoms with E-state index in [4.69, 9.17) is 9.72 Å². The molecule has 28 heavy (non-hydrogen) atoms. The Morgan fingerprint density at radius 3 is 2.89 bits per heavy atom. The highest BCUT2D eigenvalue weighted by molar-refractivity contribution is 7.22. The van der Waals surface area contributed by atoms with Crippen LogP contribution < -0.4 is 9.64 Å². The van der Waals surface area contributed by atoms with Crippen LogP contribution in [0.4, 0.5) is 5.13 Å². The van der Waals surface area contributed by atoms with Crippen molar-refractivity contribution in [3.63, 3.8) is 0 Å². The van der Waals surface area contributed by atoms with Crippen LogP contribution in [-0.2, 0) is 11.3 Å². The Bertz CT molecular complexity index is 916. The number of hydrogen-bond acceptors (Lipinski definition) is 5. The maximum Gasteiger partial charge on any atom is 0.231 e. The molecule has 1 aromatic carbocycles. The van der Waals surface area contributed by atoms with E-state index in [0.717, 1.165) is 46.8 Å². The number of ether oxygens (including phenoxy) is 1. The van der Waals surface area contributed by atoms with Gasteiger partial charge in [0.15, 0.2) is 5.13 Å². The highest BCUT2D eigenvalue weighted by Gasteiger charge is 2.29. The van der Waals surface area contributed by atoms with E-state index in [1.165, 1.54) is 6.42 Å². The fourth-order valence-electron chi connectivity index (χ4n) is 3.80. The maximum absolute atomic E-state index is 13.4. The van der Waals surface area contributed by atoms with Gasteiger partial charge in [-0.3, -0.25) is 14.4 Å². The second-order valence-corrected chi connectivity index (χ2v) is 8.14. The molecular formula is C21H26N4O2S. The summed E-state index contributed by atoms with van der Waals surface area (Å²) in [6, 6.07) is 7.85. The molecule has 3 aromatic rings. The molecule has 0 spiro atoms. The molecular weight excluding hydrogens is 372 g/mol. The predicted octanol–water partition coefficient (Wildman–Crippen LogP) is 4.51. The monoisotopic (exact) mass is 398 g/mol. The molecule has 0 unspecified atom stereocenters. The summed E-state index contributed by atoms with van der Waals surface area (Å²) in [5.74, 6) is 1.08. The molecule has 0 radical (unpaired) electrons. The summed E-state index contributed by atoms with van der Waals surface area (Å²) in [7, 11) is 0. The van der Waals surface area contributed by atoms with Crippen molar-refractivity contribution in [1.82, 2.24) is 14.8 Å². The third-order valence-electron chi connectivity index (χ3n) is 5.23. The summed E-state index contributed by atoms with van der Waals surface area (Å²) in [6.07, 6.45) is 9.15. The van der Waals surface area contributed by atoms with E-state index in [1.807, 2.05) is 47.0 Å². The zero-order valence-corrected chi connectivity index (χ0v) is 17.0. The molecule has 7 heteroatoms. The largest absolute Gasteiger partial charge is 0.492 e. The van der Waals surface area contributed by atoms with Gasteiger partial charge in [0.1, 0.15) is 11.3 Å². The second-order valence-electron chi connectivity index (χ2n) is 7.13. The second kappa shape index (κ2) is 8.73. The van der Waals surface area contributed by atoms with Gasteiger partial charge in [-0.1, -0.05) is 36.7 Å². The minimum Gasteiger partial charge on any atom is -0.492 e. The summed E-state index contributed by atoms with van der Waals surface area (Å²) in [5.41, 5.74) is 0.838. The molecule has 6 nitrogen and oxygen atoms in total. The zero-order chi connectivity index (χ0) is 19.3. The Labute approximate surface area is 169 Å². The summed E-state index contributed by atoms with van der Waals surface area (Å²) in [4.78, 5) is 20.1. The molecule has 1 aliphatic carbocycles. The van der Waals surface area contributed by atoms with Gasteiger partial charge in [-0.15, -0.1) is 0 Å². The van der Waals surface area contributed by atoms with Gasteiger partial charge in [-0.05, 0) is 38.0 Å². The van der Waals surface area contributed by atoms with Crippen LogP contribution in [-0.4, -0.2) is 33.8 Å². The zero-order valence-electron chi connectivity index (χ0n) is 16.2. The first kappa shape index (κ1) is 18.9. The number of thiazole rings is 1. The van der Waals surface area contributed by atoms with Crippen molar-refractivity contribution in [2.24, 2.45) is 5.92 Å². The Balaban J connectivity index is 1.64. The fraction of sp³-hybridized carbons (Fsp3) is 0.476. The fourth-order valence-corrected chi connectivity index (χ4v) is 4.82. The number of benzene rings is 1. The quantitative estimate of drug-likeness (QED) is 0.588. The first-order chi connectivity index (χ1) is 13.8. The van der Waals surface area contributed by atoms with Gasteiger partial charge in [0.25, 0.3) is 0 Å². The molecule has 0 saturated heterocycles. The van der Waals surface area contributed by atoms with E-state index < -0.39 is 0 Å². The van der Waals surface area contributed by atoms with Crippen molar-refractivity contribution in [3.05, 3.63) is 36.7 Å². The first-order valence-electron chi connectivity index (χ1n) is 10.1. The van der Waals surface area contributed by atoms with Gasteiger partial charge in [-0.2, -0.15) is 5.10 Å². The summed E-state index contributed by atoms with van der Waals surface area (Å²) < 4.78 is 8.64. The Hall–Kier alpha value is -2.41. The number of anilines is 1. The molecule has 0 atom stereocenters. The standard InChI is InChI=1S/C21H26N4O2S/c1-2-27-17-10-6-11-18-19(17)23-21(28-18)25(15-14-24-13-7-12-22-24)20(26)16-8-4-3-5-9-16/h6-7,10-13,16H,2-5,8-9,14-15H2,1H3. The lowest BCUT2D eigenvalue weighted by Gasteiger charge is -2.27. The van der Waals surface area contributed by atoms with Crippen LogP contribution in [0.1, 0.15) is 39.0 Å². The minimum absolute atomic E-state index is 0.102. The molecule has 0 N–H and O–H groups in total. The molecule has 1 fully saturated rings. The van der Waals surface area contributed by atoms with Crippen molar-refractivity contribution >= 4 is 32.6 Å². The van der Waals surface area contributed by atoms with E-state index in [2.05, 4.69) is 5.10 Å². The number of hydrogen-bond donors (Lipinski definition) is 0. The molecule has 1 amide bonds. The van der Waals surface area contributed by atoms with Crippen LogP contribution in [0.25, 0.3) is 10.2 Å².